The van der Waals surface area contributed by atoms with E-state index in [-0.39, 0.29) is 6.04 Å². The van der Waals surface area contributed by atoms with Gasteiger partial charge in [-0.3, -0.25) is 4.90 Å². The Hall–Kier alpha value is -1.06. The van der Waals surface area contributed by atoms with E-state index in [2.05, 4.69) is 31.0 Å². The number of hydrogen-bond acceptors (Lipinski definition) is 3. The number of hydrogen-bond donors (Lipinski definition) is 1. The van der Waals surface area contributed by atoms with Gasteiger partial charge in [-0.15, -0.1) is 0 Å². The van der Waals surface area contributed by atoms with Crippen LogP contribution in [0.1, 0.15) is 50.6 Å². The molecule has 0 spiro atoms. The molecule has 112 valence electrons. The Balaban J connectivity index is 2.00. The smallest absolute Gasteiger partial charge is 0.118 e. The van der Waals surface area contributed by atoms with Gasteiger partial charge in [-0.25, -0.2) is 0 Å². The molecule has 1 aromatic carbocycles. The molecule has 20 heavy (non-hydrogen) atoms. The normalized spacial score (nSPS) is 19.9. The van der Waals surface area contributed by atoms with Crippen molar-refractivity contribution in [1.29, 1.82) is 0 Å². The van der Waals surface area contributed by atoms with Gasteiger partial charge in [0.2, 0.25) is 0 Å². The molecule has 2 N–H and O–H groups in total. The fourth-order valence-corrected chi connectivity index (χ4v) is 3.18. The molecule has 2 unspecified atom stereocenters. The first-order valence-corrected chi connectivity index (χ1v) is 7.75. The van der Waals surface area contributed by atoms with Gasteiger partial charge in [-0.2, -0.15) is 0 Å². The average Bonchev–Trinajstić information content (AvgIpc) is 2.53. The summed E-state index contributed by atoms with van der Waals surface area (Å²) in [5.74, 6) is 0.884. The quantitative estimate of drug-likeness (QED) is 0.896. The molecule has 2 rings (SSSR count). The summed E-state index contributed by atoms with van der Waals surface area (Å²) in [6.45, 7) is 2.24. The third-order valence-corrected chi connectivity index (χ3v) is 4.81. The monoisotopic (exact) mass is 276 g/mol. The van der Waals surface area contributed by atoms with Gasteiger partial charge < -0.3 is 10.5 Å². The molecule has 1 aromatic rings. The summed E-state index contributed by atoms with van der Waals surface area (Å²) in [4.78, 5) is 2.48. The molecule has 0 saturated heterocycles. The van der Waals surface area contributed by atoms with Crippen molar-refractivity contribution >= 4 is 0 Å². The highest BCUT2D eigenvalue weighted by atomic mass is 16.5. The summed E-state index contributed by atoms with van der Waals surface area (Å²) >= 11 is 0. The molecule has 0 heterocycles. The van der Waals surface area contributed by atoms with Crippen LogP contribution in [0.5, 0.6) is 5.75 Å². The Labute approximate surface area is 123 Å². The first-order valence-electron chi connectivity index (χ1n) is 7.75. The van der Waals surface area contributed by atoms with E-state index < -0.39 is 0 Å². The van der Waals surface area contributed by atoms with Gasteiger partial charge in [0.25, 0.3) is 0 Å². The lowest BCUT2D eigenvalue weighted by atomic mass is 9.91. The molecule has 1 fully saturated rings. The number of benzene rings is 1. The summed E-state index contributed by atoms with van der Waals surface area (Å²) in [6, 6.07) is 9.23. The third-order valence-electron chi connectivity index (χ3n) is 4.81. The largest absolute Gasteiger partial charge is 0.497 e. The predicted molar refractivity (Wildman–Crippen MR) is 84.0 cm³/mol. The van der Waals surface area contributed by atoms with Gasteiger partial charge in [0.05, 0.1) is 7.11 Å². The van der Waals surface area contributed by atoms with Crippen LogP contribution in [0.25, 0.3) is 0 Å². The predicted octanol–water partition coefficient (Wildman–Crippen LogP) is 3.35. The number of methoxy groups -OCH3 is 1. The van der Waals surface area contributed by atoms with Crippen LogP contribution in [0.2, 0.25) is 0 Å². The van der Waals surface area contributed by atoms with Crippen LogP contribution in [-0.4, -0.2) is 31.1 Å². The van der Waals surface area contributed by atoms with Crippen LogP contribution >= 0.6 is 0 Å². The maximum Gasteiger partial charge on any atom is 0.118 e. The minimum absolute atomic E-state index is 0.0489. The highest BCUT2D eigenvalue weighted by molar-refractivity contribution is 5.29. The SMILES string of the molecule is COc1ccc(C(N)C(C)N(C)C2CCCCC2)cc1. The van der Waals surface area contributed by atoms with Crippen LogP contribution in [0, 0.1) is 0 Å². The van der Waals surface area contributed by atoms with Crippen molar-refractivity contribution < 1.29 is 4.74 Å². The second-order valence-electron chi connectivity index (χ2n) is 6.00. The Bertz CT molecular complexity index is 398. The zero-order valence-corrected chi connectivity index (χ0v) is 13.0. The molecule has 0 bridgehead atoms. The van der Waals surface area contributed by atoms with Gasteiger partial charge >= 0.3 is 0 Å². The first-order chi connectivity index (χ1) is 9.63. The van der Waals surface area contributed by atoms with E-state index in [1.54, 1.807) is 7.11 Å². The Morgan fingerprint density at radius 1 is 1.15 bits per heavy atom. The van der Waals surface area contributed by atoms with Gasteiger partial charge in [0.1, 0.15) is 5.75 Å². The van der Waals surface area contributed by atoms with Crippen LogP contribution in [0.15, 0.2) is 24.3 Å². The molecule has 1 aliphatic rings. The molecule has 0 radical (unpaired) electrons. The zero-order valence-electron chi connectivity index (χ0n) is 13.0. The Morgan fingerprint density at radius 3 is 2.30 bits per heavy atom. The third kappa shape index (κ3) is 3.53. The number of ether oxygens (including phenoxy) is 1. The van der Waals surface area contributed by atoms with Crippen LogP contribution in [0.3, 0.4) is 0 Å². The molecular formula is C17H28N2O. The van der Waals surface area contributed by atoms with Crippen molar-refractivity contribution in [2.45, 2.75) is 57.2 Å². The lowest BCUT2D eigenvalue weighted by Gasteiger charge is -2.38. The maximum absolute atomic E-state index is 6.46. The van der Waals surface area contributed by atoms with Crippen molar-refractivity contribution in [3.63, 3.8) is 0 Å². The van der Waals surface area contributed by atoms with E-state index in [9.17, 15) is 0 Å². The van der Waals surface area contributed by atoms with Crippen LogP contribution in [0.4, 0.5) is 0 Å². The minimum atomic E-state index is 0.0489. The van der Waals surface area contributed by atoms with E-state index in [0.717, 1.165) is 5.75 Å². The fraction of sp³-hybridized carbons (Fsp3) is 0.647. The van der Waals surface area contributed by atoms with Gasteiger partial charge in [0.15, 0.2) is 0 Å². The molecule has 0 aromatic heterocycles. The van der Waals surface area contributed by atoms with Crippen LogP contribution in [-0.2, 0) is 0 Å². The first kappa shape index (κ1) is 15.3. The highest BCUT2D eigenvalue weighted by Gasteiger charge is 2.26. The maximum atomic E-state index is 6.46. The van der Waals surface area contributed by atoms with E-state index in [1.807, 2.05) is 12.1 Å². The second kappa shape index (κ2) is 7.09. The fourth-order valence-electron chi connectivity index (χ4n) is 3.18. The molecular weight excluding hydrogens is 248 g/mol. The van der Waals surface area contributed by atoms with E-state index in [0.29, 0.717) is 12.1 Å². The zero-order chi connectivity index (χ0) is 14.5. The summed E-state index contributed by atoms with van der Waals surface area (Å²) in [5, 5.41) is 0. The standard InChI is InChI=1S/C17H28N2O/c1-13(19(2)15-7-5-4-6-8-15)17(18)14-9-11-16(20-3)12-10-14/h9-13,15,17H,4-8,18H2,1-3H3. The van der Waals surface area contributed by atoms with Gasteiger partial charge in [0, 0.05) is 18.1 Å². The summed E-state index contributed by atoms with van der Waals surface area (Å²) in [7, 11) is 3.92. The summed E-state index contributed by atoms with van der Waals surface area (Å²) in [5.41, 5.74) is 7.64. The number of likely N-dealkylation sites (N-methyl/N-ethyl adjacent to an activating group) is 1. The molecule has 3 nitrogen and oxygen atoms in total. The molecule has 3 heteroatoms. The number of nitrogens with zero attached hydrogens (tertiary/aromatic N) is 1. The topological polar surface area (TPSA) is 38.5 Å². The van der Waals surface area contributed by atoms with E-state index in [1.165, 1.54) is 37.7 Å². The number of rotatable bonds is 5. The molecule has 1 aliphatic carbocycles. The Morgan fingerprint density at radius 2 is 1.75 bits per heavy atom. The van der Waals surface area contributed by atoms with Crippen molar-refractivity contribution in [3.8, 4) is 5.75 Å². The van der Waals surface area contributed by atoms with E-state index in [4.69, 9.17) is 10.5 Å². The van der Waals surface area contributed by atoms with Crippen molar-refractivity contribution in [3.05, 3.63) is 29.8 Å². The summed E-state index contributed by atoms with van der Waals surface area (Å²) in [6.07, 6.45) is 6.74. The Kier molecular flexibility index (Phi) is 5.44. The molecule has 1 saturated carbocycles. The van der Waals surface area contributed by atoms with Gasteiger partial charge in [-0.05, 0) is 44.5 Å². The van der Waals surface area contributed by atoms with E-state index >= 15 is 0 Å². The highest BCUT2D eigenvalue weighted by Crippen LogP contribution is 2.27. The number of nitrogens with two attached hydrogens (primary N) is 1. The minimum Gasteiger partial charge on any atom is -0.497 e. The molecule has 0 aliphatic heterocycles. The summed E-state index contributed by atoms with van der Waals surface area (Å²) < 4.78 is 5.20. The molecule has 2 atom stereocenters. The molecule has 0 amide bonds. The van der Waals surface area contributed by atoms with Crippen molar-refractivity contribution in [1.82, 2.24) is 4.90 Å². The lowest BCUT2D eigenvalue weighted by Crippen LogP contribution is -2.45. The lowest BCUT2D eigenvalue weighted by molar-refractivity contribution is 0.130. The van der Waals surface area contributed by atoms with Crippen LogP contribution < -0.4 is 10.5 Å². The average molecular weight is 276 g/mol. The van der Waals surface area contributed by atoms with Crippen molar-refractivity contribution in [2.75, 3.05) is 14.2 Å². The van der Waals surface area contributed by atoms with Crippen molar-refractivity contribution in [2.24, 2.45) is 5.73 Å². The van der Waals surface area contributed by atoms with Gasteiger partial charge in [-0.1, -0.05) is 31.4 Å². The second-order valence-corrected chi connectivity index (χ2v) is 6.00.